The van der Waals surface area contributed by atoms with Crippen LogP contribution in [0.4, 0.5) is 0 Å². The molecule has 4 rings (SSSR count). The van der Waals surface area contributed by atoms with Gasteiger partial charge in [-0.15, -0.1) is 0 Å². The molecule has 0 N–H and O–H groups in total. The molecule has 3 nitrogen and oxygen atoms in total. The summed E-state index contributed by atoms with van der Waals surface area (Å²) in [6.07, 6.45) is 3.63. The summed E-state index contributed by atoms with van der Waals surface area (Å²) < 4.78 is 5.85. The minimum atomic E-state index is 0.0200. The number of rotatable bonds is 0. The van der Waals surface area contributed by atoms with E-state index >= 15 is 0 Å². The van der Waals surface area contributed by atoms with Gasteiger partial charge in [-0.25, -0.2) is 0 Å². The number of aromatic nitrogens is 1. The van der Waals surface area contributed by atoms with Gasteiger partial charge in [-0.2, -0.15) is 0 Å². The quantitative estimate of drug-likeness (QED) is 0.702. The average molecular weight is 326 g/mol. The number of fused-ring (bicyclic) bond motifs is 3. The third kappa shape index (κ3) is 2.40. The molecule has 24 heavy (non-hydrogen) atoms. The van der Waals surface area contributed by atoms with Crippen LogP contribution < -0.4 is 0 Å². The highest BCUT2D eigenvalue weighted by Gasteiger charge is 2.46. The molecule has 0 radical (unpaired) electrons. The lowest BCUT2D eigenvalue weighted by atomic mass is 9.84. The van der Waals surface area contributed by atoms with Crippen LogP contribution in [0.25, 0.3) is 11.0 Å². The standard InChI is InChI=1S/C21H30N2O/c1-19(2,3)18-15-8-7-14-11-21(12-16(14)17(15)24-22-18)9-10-23(13-21)20(4,5)6/h7-8H,9-13H2,1-6H3. The van der Waals surface area contributed by atoms with Gasteiger partial charge in [0.2, 0.25) is 0 Å². The Kier molecular flexibility index (Phi) is 3.26. The smallest absolute Gasteiger partial charge is 0.170 e. The Morgan fingerprint density at radius 1 is 1.08 bits per heavy atom. The molecule has 130 valence electrons. The summed E-state index contributed by atoms with van der Waals surface area (Å²) in [5, 5.41) is 5.64. The molecular weight excluding hydrogens is 296 g/mol. The van der Waals surface area contributed by atoms with E-state index in [2.05, 4.69) is 63.7 Å². The van der Waals surface area contributed by atoms with Crippen molar-refractivity contribution in [2.75, 3.05) is 13.1 Å². The summed E-state index contributed by atoms with van der Waals surface area (Å²) in [4.78, 5) is 2.65. The van der Waals surface area contributed by atoms with Crippen LogP contribution >= 0.6 is 0 Å². The van der Waals surface area contributed by atoms with Gasteiger partial charge < -0.3 is 4.52 Å². The SMILES string of the molecule is CC(C)(C)c1noc2c3c(ccc12)CC1(CCN(C(C)(C)C)C1)C3. The second-order valence-electron chi connectivity index (χ2n) is 10.1. The first-order chi connectivity index (χ1) is 11.1. The van der Waals surface area contributed by atoms with Gasteiger partial charge in [0.25, 0.3) is 0 Å². The number of nitrogens with zero attached hydrogens (tertiary/aromatic N) is 2. The van der Waals surface area contributed by atoms with Gasteiger partial charge >= 0.3 is 0 Å². The van der Waals surface area contributed by atoms with Crippen LogP contribution in [0, 0.1) is 5.41 Å². The van der Waals surface area contributed by atoms with Crippen molar-refractivity contribution in [2.45, 2.75) is 71.8 Å². The van der Waals surface area contributed by atoms with E-state index in [0.29, 0.717) is 5.41 Å². The van der Waals surface area contributed by atoms with Crippen molar-refractivity contribution in [3.63, 3.8) is 0 Å². The molecule has 1 spiro atoms. The maximum Gasteiger partial charge on any atom is 0.170 e. The Hall–Kier alpha value is -1.35. The summed E-state index contributed by atoms with van der Waals surface area (Å²) in [7, 11) is 0. The molecule has 2 aliphatic rings. The van der Waals surface area contributed by atoms with Crippen LogP contribution in [0.15, 0.2) is 16.7 Å². The number of benzene rings is 1. The third-order valence-corrected chi connectivity index (χ3v) is 6.06. The minimum Gasteiger partial charge on any atom is -0.356 e. The van der Waals surface area contributed by atoms with Gasteiger partial charge in [0, 0.05) is 28.4 Å². The van der Waals surface area contributed by atoms with Crippen molar-refractivity contribution in [3.8, 4) is 0 Å². The minimum absolute atomic E-state index is 0.0200. The van der Waals surface area contributed by atoms with Crippen LogP contribution in [-0.2, 0) is 18.3 Å². The lowest BCUT2D eigenvalue weighted by molar-refractivity contribution is 0.150. The van der Waals surface area contributed by atoms with Crippen LogP contribution in [0.2, 0.25) is 0 Å². The molecule has 1 aromatic carbocycles. The molecule has 2 aromatic rings. The normalized spacial score (nSPS) is 25.1. The molecule has 0 saturated carbocycles. The van der Waals surface area contributed by atoms with Crippen LogP contribution in [0.1, 0.15) is 64.8 Å². The van der Waals surface area contributed by atoms with Crippen molar-refractivity contribution < 1.29 is 4.52 Å². The summed E-state index contributed by atoms with van der Waals surface area (Å²) >= 11 is 0. The lowest BCUT2D eigenvalue weighted by Gasteiger charge is -2.33. The van der Waals surface area contributed by atoms with E-state index in [-0.39, 0.29) is 11.0 Å². The average Bonchev–Trinajstić information content (AvgIpc) is 3.13. The zero-order valence-electron chi connectivity index (χ0n) is 16.0. The molecule has 1 aromatic heterocycles. The van der Waals surface area contributed by atoms with Crippen LogP contribution in [0.5, 0.6) is 0 Å². The van der Waals surface area contributed by atoms with Crippen molar-refractivity contribution >= 4 is 11.0 Å². The molecule has 3 heteroatoms. The Morgan fingerprint density at radius 2 is 1.83 bits per heavy atom. The Labute approximate surface area is 145 Å². The molecule has 0 amide bonds. The summed E-state index contributed by atoms with van der Waals surface area (Å²) in [6.45, 7) is 16.0. The van der Waals surface area contributed by atoms with Crippen LogP contribution in [-0.4, -0.2) is 28.7 Å². The van der Waals surface area contributed by atoms with Gasteiger partial charge in [-0.05, 0) is 63.6 Å². The maximum absolute atomic E-state index is 5.85. The molecule has 1 unspecified atom stereocenters. The van der Waals surface area contributed by atoms with E-state index in [1.54, 1.807) is 0 Å². The maximum atomic E-state index is 5.85. The molecule has 1 atom stereocenters. The highest BCUT2D eigenvalue weighted by Crippen LogP contribution is 2.48. The van der Waals surface area contributed by atoms with Gasteiger partial charge in [-0.3, -0.25) is 4.90 Å². The van der Waals surface area contributed by atoms with E-state index in [0.717, 1.165) is 17.7 Å². The molecule has 1 fully saturated rings. The lowest BCUT2D eigenvalue weighted by Crippen LogP contribution is -2.41. The topological polar surface area (TPSA) is 29.3 Å². The van der Waals surface area contributed by atoms with E-state index in [1.807, 2.05) is 0 Å². The van der Waals surface area contributed by atoms with Gasteiger partial charge in [0.15, 0.2) is 5.58 Å². The van der Waals surface area contributed by atoms with Gasteiger partial charge in [-0.1, -0.05) is 32.0 Å². The second-order valence-corrected chi connectivity index (χ2v) is 10.1. The van der Waals surface area contributed by atoms with Gasteiger partial charge in [0.1, 0.15) is 0 Å². The fourth-order valence-corrected chi connectivity index (χ4v) is 4.64. The van der Waals surface area contributed by atoms with Crippen molar-refractivity contribution in [1.29, 1.82) is 0 Å². The fourth-order valence-electron chi connectivity index (χ4n) is 4.64. The molecule has 1 saturated heterocycles. The van der Waals surface area contributed by atoms with E-state index in [9.17, 15) is 0 Å². The molecular formula is C21H30N2O. The third-order valence-electron chi connectivity index (χ3n) is 6.06. The first-order valence-corrected chi connectivity index (χ1v) is 9.25. The number of hydrogen-bond acceptors (Lipinski definition) is 3. The first-order valence-electron chi connectivity index (χ1n) is 9.25. The summed E-state index contributed by atoms with van der Waals surface area (Å²) in [6, 6.07) is 4.57. The molecule has 0 bridgehead atoms. The molecule has 1 aliphatic heterocycles. The van der Waals surface area contributed by atoms with E-state index in [4.69, 9.17) is 4.52 Å². The Bertz CT molecular complexity index is 790. The van der Waals surface area contributed by atoms with Crippen molar-refractivity contribution in [3.05, 3.63) is 29.0 Å². The fraction of sp³-hybridized carbons (Fsp3) is 0.667. The number of likely N-dealkylation sites (tertiary alicyclic amines) is 1. The predicted octanol–water partition coefficient (Wildman–Crippen LogP) is 4.71. The van der Waals surface area contributed by atoms with Crippen molar-refractivity contribution in [2.24, 2.45) is 5.41 Å². The highest BCUT2D eigenvalue weighted by molar-refractivity contribution is 5.85. The number of hydrogen-bond donors (Lipinski definition) is 0. The van der Waals surface area contributed by atoms with Gasteiger partial charge in [0.05, 0.1) is 5.69 Å². The van der Waals surface area contributed by atoms with E-state index < -0.39 is 0 Å². The predicted molar refractivity (Wildman–Crippen MR) is 98.5 cm³/mol. The summed E-state index contributed by atoms with van der Waals surface area (Å²) in [5.41, 5.74) is 5.72. The zero-order valence-corrected chi connectivity index (χ0v) is 16.0. The molecule has 1 aliphatic carbocycles. The largest absolute Gasteiger partial charge is 0.356 e. The monoisotopic (exact) mass is 326 g/mol. The summed E-state index contributed by atoms with van der Waals surface area (Å²) in [5.74, 6) is 0. The van der Waals surface area contributed by atoms with Crippen molar-refractivity contribution in [1.82, 2.24) is 10.1 Å². The molecule has 2 heterocycles. The highest BCUT2D eigenvalue weighted by atomic mass is 16.5. The van der Waals surface area contributed by atoms with Crippen LogP contribution in [0.3, 0.4) is 0 Å². The Balaban J connectivity index is 1.71. The first kappa shape index (κ1) is 16.1. The zero-order chi connectivity index (χ0) is 17.3. The second kappa shape index (κ2) is 4.85. The Morgan fingerprint density at radius 3 is 2.46 bits per heavy atom. The van der Waals surface area contributed by atoms with E-state index in [1.165, 1.54) is 42.4 Å².